The minimum absolute atomic E-state index is 0.128. The van der Waals surface area contributed by atoms with Gasteiger partial charge in [-0.3, -0.25) is 9.59 Å². The number of hydrogen-bond donors (Lipinski definition) is 2. The van der Waals surface area contributed by atoms with E-state index in [0.717, 1.165) is 29.7 Å². The Hall–Kier alpha value is -1.92. The van der Waals surface area contributed by atoms with Crippen molar-refractivity contribution in [1.82, 2.24) is 5.32 Å². The Labute approximate surface area is 136 Å². The summed E-state index contributed by atoms with van der Waals surface area (Å²) in [5.41, 5.74) is 1.74. The Balaban J connectivity index is 1.80. The molecule has 0 spiro atoms. The van der Waals surface area contributed by atoms with Crippen LogP contribution in [0.15, 0.2) is 23.6 Å². The van der Waals surface area contributed by atoms with Gasteiger partial charge in [-0.15, -0.1) is 22.7 Å². The van der Waals surface area contributed by atoms with Crippen molar-refractivity contribution in [3.8, 4) is 0 Å². The molecule has 1 aliphatic rings. The third kappa shape index (κ3) is 2.98. The van der Waals surface area contributed by atoms with E-state index >= 15 is 0 Å². The van der Waals surface area contributed by atoms with Gasteiger partial charge in [-0.25, -0.2) is 0 Å². The molecule has 0 saturated heterocycles. The van der Waals surface area contributed by atoms with Gasteiger partial charge in [0.25, 0.3) is 5.91 Å². The molecule has 0 aliphatic heterocycles. The molecule has 0 fully saturated rings. The lowest BCUT2D eigenvalue weighted by molar-refractivity contribution is -0.111. The van der Waals surface area contributed by atoms with Crippen LogP contribution in [-0.4, -0.2) is 18.9 Å². The van der Waals surface area contributed by atoms with Crippen LogP contribution in [0.5, 0.6) is 0 Å². The first kappa shape index (κ1) is 15.0. The van der Waals surface area contributed by atoms with Gasteiger partial charge < -0.3 is 10.6 Å². The number of carbonyl (C=O) groups is 2. The van der Waals surface area contributed by atoms with E-state index in [1.807, 2.05) is 17.5 Å². The molecular formula is C16H16N2O2S2. The zero-order chi connectivity index (χ0) is 15.5. The maximum absolute atomic E-state index is 12.1. The molecule has 0 atom stereocenters. The summed E-state index contributed by atoms with van der Waals surface area (Å²) in [7, 11) is 1.61. The average molecular weight is 332 g/mol. The van der Waals surface area contributed by atoms with Crippen LogP contribution in [0.4, 0.5) is 5.00 Å². The summed E-state index contributed by atoms with van der Waals surface area (Å²) in [4.78, 5) is 26.4. The Morgan fingerprint density at radius 3 is 2.91 bits per heavy atom. The van der Waals surface area contributed by atoms with Crippen molar-refractivity contribution in [2.75, 3.05) is 12.4 Å². The fourth-order valence-corrected chi connectivity index (χ4v) is 4.46. The highest BCUT2D eigenvalue weighted by Gasteiger charge is 2.26. The lowest BCUT2D eigenvalue weighted by Crippen LogP contribution is -2.21. The number of anilines is 1. The molecule has 0 radical (unpaired) electrons. The first-order valence-electron chi connectivity index (χ1n) is 7.08. The predicted octanol–water partition coefficient (Wildman–Crippen LogP) is 3.31. The molecule has 0 aromatic carbocycles. The van der Waals surface area contributed by atoms with Gasteiger partial charge in [-0.1, -0.05) is 6.07 Å². The topological polar surface area (TPSA) is 58.2 Å². The number of aryl methyl sites for hydroxylation is 1. The van der Waals surface area contributed by atoms with Crippen molar-refractivity contribution in [3.05, 3.63) is 44.5 Å². The second-order valence-corrected chi connectivity index (χ2v) is 7.06. The fourth-order valence-electron chi connectivity index (χ4n) is 2.56. The number of nitrogens with one attached hydrogen (secondary N) is 2. The van der Waals surface area contributed by atoms with E-state index in [-0.39, 0.29) is 11.8 Å². The number of fused-ring (bicyclic) bond motifs is 1. The van der Waals surface area contributed by atoms with Crippen LogP contribution in [0, 0.1) is 0 Å². The van der Waals surface area contributed by atoms with E-state index in [9.17, 15) is 9.59 Å². The maximum atomic E-state index is 12.1. The Morgan fingerprint density at radius 2 is 2.18 bits per heavy atom. The summed E-state index contributed by atoms with van der Waals surface area (Å²) in [5, 5.41) is 8.14. The molecule has 4 nitrogen and oxygen atoms in total. The number of amides is 2. The van der Waals surface area contributed by atoms with Crippen molar-refractivity contribution in [2.24, 2.45) is 0 Å². The van der Waals surface area contributed by atoms with E-state index in [0.29, 0.717) is 10.6 Å². The zero-order valence-corrected chi connectivity index (χ0v) is 13.8. The van der Waals surface area contributed by atoms with Gasteiger partial charge in [0.1, 0.15) is 5.00 Å². The predicted molar refractivity (Wildman–Crippen MR) is 91.7 cm³/mol. The van der Waals surface area contributed by atoms with Gasteiger partial charge >= 0.3 is 0 Å². The summed E-state index contributed by atoms with van der Waals surface area (Å²) >= 11 is 3.09. The summed E-state index contributed by atoms with van der Waals surface area (Å²) in [5.74, 6) is -0.338. The van der Waals surface area contributed by atoms with Crippen LogP contribution in [-0.2, 0) is 17.6 Å². The van der Waals surface area contributed by atoms with Gasteiger partial charge in [-0.2, -0.15) is 0 Å². The van der Waals surface area contributed by atoms with Crippen LogP contribution in [0.3, 0.4) is 0 Å². The summed E-state index contributed by atoms with van der Waals surface area (Å²) in [6.07, 6.45) is 6.27. The van der Waals surface area contributed by atoms with Crippen LogP contribution < -0.4 is 10.6 Å². The number of rotatable bonds is 4. The Bertz CT molecular complexity index is 730. The van der Waals surface area contributed by atoms with Crippen LogP contribution in [0.2, 0.25) is 0 Å². The molecule has 2 amide bonds. The third-order valence-electron chi connectivity index (χ3n) is 3.55. The fraction of sp³-hybridized carbons (Fsp3) is 0.250. The molecule has 1 aliphatic carbocycles. The van der Waals surface area contributed by atoms with Crippen molar-refractivity contribution >= 4 is 45.6 Å². The van der Waals surface area contributed by atoms with Gasteiger partial charge in [0.05, 0.1) is 5.56 Å². The van der Waals surface area contributed by atoms with Crippen LogP contribution in [0.1, 0.15) is 32.1 Å². The summed E-state index contributed by atoms with van der Waals surface area (Å²) in [6.45, 7) is 0. The molecule has 2 aromatic heterocycles. The van der Waals surface area contributed by atoms with Crippen LogP contribution in [0.25, 0.3) is 6.08 Å². The van der Waals surface area contributed by atoms with Gasteiger partial charge in [0.2, 0.25) is 5.91 Å². The average Bonchev–Trinajstić information content (AvgIpc) is 3.21. The Kier molecular flexibility index (Phi) is 4.40. The second-order valence-electron chi connectivity index (χ2n) is 4.98. The first-order valence-corrected chi connectivity index (χ1v) is 8.78. The monoisotopic (exact) mass is 332 g/mol. The smallest absolute Gasteiger partial charge is 0.254 e. The van der Waals surface area contributed by atoms with Crippen molar-refractivity contribution < 1.29 is 9.59 Å². The normalized spacial score (nSPS) is 13.3. The SMILES string of the molecule is CNC(=O)c1c(NC(=O)C=Cc2cccs2)sc2c1CCC2. The highest BCUT2D eigenvalue weighted by Crippen LogP contribution is 2.39. The molecule has 2 aromatic rings. The number of thiophene rings is 2. The second kappa shape index (κ2) is 6.46. The zero-order valence-electron chi connectivity index (χ0n) is 12.1. The minimum Gasteiger partial charge on any atom is -0.355 e. The molecule has 0 bridgehead atoms. The largest absolute Gasteiger partial charge is 0.355 e. The molecule has 114 valence electrons. The number of carbonyl (C=O) groups excluding carboxylic acids is 2. The molecular weight excluding hydrogens is 316 g/mol. The maximum Gasteiger partial charge on any atom is 0.254 e. The highest BCUT2D eigenvalue weighted by atomic mass is 32.1. The lowest BCUT2D eigenvalue weighted by atomic mass is 10.1. The van der Waals surface area contributed by atoms with Gasteiger partial charge in [0.15, 0.2) is 0 Å². The van der Waals surface area contributed by atoms with Crippen LogP contribution >= 0.6 is 22.7 Å². The van der Waals surface area contributed by atoms with E-state index in [1.54, 1.807) is 24.5 Å². The summed E-state index contributed by atoms with van der Waals surface area (Å²) < 4.78 is 0. The van der Waals surface area contributed by atoms with Crippen molar-refractivity contribution in [3.63, 3.8) is 0 Å². The molecule has 6 heteroatoms. The molecule has 0 saturated carbocycles. The van der Waals surface area contributed by atoms with Gasteiger partial charge in [-0.05, 0) is 42.3 Å². The number of hydrogen-bond acceptors (Lipinski definition) is 4. The van der Waals surface area contributed by atoms with E-state index < -0.39 is 0 Å². The lowest BCUT2D eigenvalue weighted by Gasteiger charge is -2.05. The standard InChI is InChI=1S/C16H16N2O2S2/c1-17-15(20)14-11-5-2-6-12(11)22-16(14)18-13(19)8-7-10-4-3-9-21-10/h3-4,7-9H,2,5-6H2,1H3,(H,17,20)(H,18,19). The van der Waals surface area contributed by atoms with E-state index in [2.05, 4.69) is 10.6 Å². The molecule has 3 rings (SSSR count). The molecule has 2 heterocycles. The summed E-state index contributed by atoms with van der Waals surface area (Å²) in [6, 6.07) is 3.89. The quantitative estimate of drug-likeness (QED) is 0.844. The highest BCUT2D eigenvalue weighted by molar-refractivity contribution is 7.17. The van der Waals surface area contributed by atoms with Gasteiger partial charge in [0, 0.05) is 22.9 Å². The molecule has 2 N–H and O–H groups in total. The Morgan fingerprint density at radius 1 is 1.32 bits per heavy atom. The molecule has 0 unspecified atom stereocenters. The minimum atomic E-state index is -0.210. The van der Waals surface area contributed by atoms with E-state index in [4.69, 9.17) is 0 Å². The van der Waals surface area contributed by atoms with Crippen molar-refractivity contribution in [1.29, 1.82) is 0 Å². The first-order chi connectivity index (χ1) is 10.7. The van der Waals surface area contributed by atoms with Crippen molar-refractivity contribution in [2.45, 2.75) is 19.3 Å². The molecule has 22 heavy (non-hydrogen) atoms. The van der Waals surface area contributed by atoms with E-state index in [1.165, 1.54) is 22.3 Å². The third-order valence-corrected chi connectivity index (χ3v) is 5.60.